The summed E-state index contributed by atoms with van der Waals surface area (Å²) in [5, 5.41) is 26.0. The van der Waals surface area contributed by atoms with E-state index in [9.17, 15) is 24.5 Å². The molecule has 2 N–H and O–H groups in total. The Morgan fingerprint density at radius 2 is 1.84 bits per heavy atom. The molecular formula is C29H28N6O7S2. The highest BCUT2D eigenvalue weighted by molar-refractivity contribution is 7.99. The van der Waals surface area contributed by atoms with Gasteiger partial charge in [-0.2, -0.15) is 0 Å². The maximum atomic E-state index is 13.0. The zero-order chi connectivity index (χ0) is 31.1. The number of benzene rings is 2. The van der Waals surface area contributed by atoms with Crippen molar-refractivity contribution in [3.8, 4) is 11.4 Å². The fraction of sp³-hybridized carbons (Fsp3) is 0.276. The number of amides is 2. The van der Waals surface area contributed by atoms with Crippen molar-refractivity contribution >= 4 is 51.6 Å². The number of non-ortho nitro benzene ring substituents is 1. The van der Waals surface area contributed by atoms with E-state index in [0.29, 0.717) is 33.0 Å². The average Bonchev–Trinajstić information content (AvgIpc) is 3.73. The van der Waals surface area contributed by atoms with Gasteiger partial charge in [0, 0.05) is 22.7 Å². The molecule has 0 fully saturated rings. The van der Waals surface area contributed by atoms with E-state index in [0.717, 1.165) is 41.5 Å². The van der Waals surface area contributed by atoms with Gasteiger partial charge in [-0.1, -0.05) is 30.0 Å². The number of carbonyl (C=O) groups excluding carboxylic acids is 3. The van der Waals surface area contributed by atoms with Crippen LogP contribution >= 0.6 is 23.1 Å². The van der Waals surface area contributed by atoms with Crippen molar-refractivity contribution in [3.63, 3.8) is 0 Å². The minimum absolute atomic E-state index is 0.0165. The first-order valence-electron chi connectivity index (χ1n) is 13.7. The summed E-state index contributed by atoms with van der Waals surface area (Å²) >= 11 is 2.48. The fourth-order valence-electron chi connectivity index (χ4n) is 4.59. The number of thioether (sulfide) groups is 1. The molecule has 2 aromatic heterocycles. The van der Waals surface area contributed by atoms with E-state index in [-0.39, 0.29) is 43.0 Å². The first-order valence-corrected chi connectivity index (χ1v) is 15.5. The van der Waals surface area contributed by atoms with Crippen molar-refractivity contribution in [2.45, 2.75) is 37.9 Å². The highest BCUT2D eigenvalue weighted by Gasteiger charge is 2.28. The molecule has 0 saturated heterocycles. The largest absolute Gasteiger partial charge is 0.484 e. The van der Waals surface area contributed by atoms with Crippen molar-refractivity contribution in [3.05, 3.63) is 86.5 Å². The molecule has 0 radical (unpaired) electrons. The molecule has 228 valence electrons. The van der Waals surface area contributed by atoms with E-state index in [4.69, 9.17) is 9.47 Å². The van der Waals surface area contributed by atoms with Crippen LogP contribution in [0.5, 0.6) is 5.75 Å². The number of fused-ring (bicyclic) bond motifs is 1. The molecule has 1 aliphatic rings. The molecule has 0 aliphatic heterocycles. The number of esters is 1. The number of carbonyl (C=O) groups is 3. The summed E-state index contributed by atoms with van der Waals surface area (Å²) in [5.74, 6) is -0.363. The topological polar surface area (TPSA) is 168 Å². The predicted molar refractivity (Wildman–Crippen MR) is 163 cm³/mol. The van der Waals surface area contributed by atoms with Gasteiger partial charge in [-0.05, 0) is 56.0 Å². The molecule has 1 aliphatic carbocycles. The number of aromatic nitrogens is 3. The Hall–Kier alpha value is -4.76. The van der Waals surface area contributed by atoms with Crippen molar-refractivity contribution < 1.29 is 28.8 Å². The molecule has 4 aromatic rings. The lowest BCUT2D eigenvalue weighted by Crippen LogP contribution is -2.29. The number of nitro groups is 1. The van der Waals surface area contributed by atoms with Gasteiger partial charge in [0.15, 0.2) is 17.6 Å². The predicted octanol–water partition coefficient (Wildman–Crippen LogP) is 4.33. The highest BCUT2D eigenvalue weighted by atomic mass is 32.2. The van der Waals surface area contributed by atoms with Crippen molar-refractivity contribution in [1.82, 2.24) is 20.1 Å². The first kappa shape index (κ1) is 30.7. The quantitative estimate of drug-likeness (QED) is 0.0933. The number of rotatable bonds is 13. The molecule has 2 aromatic carbocycles. The number of nitro benzene ring substituents is 1. The molecule has 2 amide bonds. The SMILES string of the molecule is CCOC(=O)c1c(NC(=O)CSc2nnc(CNC(=O)COc3ccccc3)n2-c2ccc([N+](=O)[O-])cc2)sc2c1CCC2. The Morgan fingerprint density at radius 1 is 1.07 bits per heavy atom. The van der Waals surface area contributed by atoms with Gasteiger partial charge in [-0.3, -0.25) is 24.3 Å². The standard InChI is InChI=1S/C29H28N6O7S2/c1-2-41-28(38)26-21-9-6-10-22(21)44-27(26)31-25(37)17-43-29-33-32-23(34(29)18-11-13-19(14-12-18)35(39)40)15-30-24(36)16-42-20-7-4-3-5-8-20/h3-5,7-8,11-14H,2,6,9-10,15-17H2,1H3,(H,30,36)(H,31,37). The van der Waals surface area contributed by atoms with Crippen LogP contribution in [0.25, 0.3) is 5.69 Å². The number of aryl methyl sites for hydroxylation is 1. The summed E-state index contributed by atoms with van der Waals surface area (Å²) < 4.78 is 12.3. The van der Waals surface area contributed by atoms with E-state index in [1.807, 2.05) is 6.07 Å². The molecule has 44 heavy (non-hydrogen) atoms. The number of nitrogens with one attached hydrogen (secondary N) is 2. The van der Waals surface area contributed by atoms with E-state index in [1.54, 1.807) is 35.8 Å². The van der Waals surface area contributed by atoms with Gasteiger partial charge < -0.3 is 20.1 Å². The van der Waals surface area contributed by atoms with Gasteiger partial charge in [-0.15, -0.1) is 21.5 Å². The smallest absolute Gasteiger partial charge is 0.341 e. The van der Waals surface area contributed by atoms with E-state index in [1.165, 1.54) is 35.6 Å². The van der Waals surface area contributed by atoms with Crippen molar-refractivity contribution in [1.29, 1.82) is 0 Å². The van der Waals surface area contributed by atoms with Gasteiger partial charge in [0.25, 0.3) is 11.6 Å². The summed E-state index contributed by atoms with van der Waals surface area (Å²) in [6.07, 6.45) is 2.58. The van der Waals surface area contributed by atoms with Crippen LogP contribution in [0.3, 0.4) is 0 Å². The molecule has 0 atom stereocenters. The second-order valence-corrected chi connectivity index (χ2v) is 11.6. The molecule has 0 spiro atoms. The number of para-hydroxylation sites is 1. The zero-order valence-electron chi connectivity index (χ0n) is 23.6. The normalized spacial score (nSPS) is 11.9. The lowest BCUT2D eigenvalue weighted by molar-refractivity contribution is -0.384. The molecule has 0 saturated carbocycles. The second-order valence-electron chi connectivity index (χ2n) is 9.50. The fourth-order valence-corrected chi connectivity index (χ4v) is 6.65. The monoisotopic (exact) mass is 636 g/mol. The number of nitrogens with zero attached hydrogens (tertiary/aromatic N) is 4. The van der Waals surface area contributed by atoms with Crippen LogP contribution < -0.4 is 15.4 Å². The maximum Gasteiger partial charge on any atom is 0.341 e. The second kappa shape index (κ2) is 14.1. The summed E-state index contributed by atoms with van der Waals surface area (Å²) in [5.41, 5.74) is 1.78. The molecule has 13 nitrogen and oxygen atoms in total. The first-order chi connectivity index (χ1) is 21.3. The summed E-state index contributed by atoms with van der Waals surface area (Å²) in [4.78, 5) is 49.9. The molecule has 2 heterocycles. The van der Waals surface area contributed by atoms with E-state index in [2.05, 4.69) is 20.8 Å². The summed E-state index contributed by atoms with van der Waals surface area (Å²) in [6.45, 7) is 1.74. The summed E-state index contributed by atoms with van der Waals surface area (Å²) in [7, 11) is 0. The molecule has 0 bridgehead atoms. The maximum absolute atomic E-state index is 13.0. The third-order valence-corrected chi connectivity index (χ3v) is 8.70. The van der Waals surface area contributed by atoms with Crippen LogP contribution in [0.4, 0.5) is 10.7 Å². The minimum Gasteiger partial charge on any atom is -0.484 e. The Bertz CT molecular complexity index is 1670. The van der Waals surface area contributed by atoms with Crippen LogP contribution in [0.15, 0.2) is 59.8 Å². The van der Waals surface area contributed by atoms with Crippen LogP contribution in [0.2, 0.25) is 0 Å². The molecule has 5 rings (SSSR count). The number of thiophene rings is 1. The zero-order valence-corrected chi connectivity index (χ0v) is 25.2. The van der Waals surface area contributed by atoms with E-state index >= 15 is 0 Å². The average molecular weight is 637 g/mol. The molecule has 15 heteroatoms. The highest BCUT2D eigenvalue weighted by Crippen LogP contribution is 2.39. The minimum atomic E-state index is -0.505. The van der Waals surface area contributed by atoms with Crippen molar-refractivity contribution in [2.75, 3.05) is 24.3 Å². The number of anilines is 1. The Morgan fingerprint density at radius 3 is 2.57 bits per heavy atom. The van der Waals surface area contributed by atoms with Gasteiger partial charge >= 0.3 is 5.97 Å². The summed E-state index contributed by atoms with van der Waals surface area (Å²) in [6, 6.07) is 14.7. The van der Waals surface area contributed by atoms with Crippen LogP contribution in [-0.2, 0) is 33.7 Å². The van der Waals surface area contributed by atoms with Crippen LogP contribution in [0.1, 0.15) is 40.0 Å². The van der Waals surface area contributed by atoms with Gasteiger partial charge in [0.05, 0.1) is 29.4 Å². The third kappa shape index (κ3) is 7.23. The number of hydrogen-bond acceptors (Lipinski definition) is 11. The van der Waals surface area contributed by atoms with Gasteiger partial charge in [-0.25, -0.2) is 4.79 Å². The van der Waals surface area contributed by atoms with E-state index < -0.39 is 10.9 Å². The lowest BCUT2D eigenvalue weighted by Gasteiger charge is -2.12. The van der Waals surface area contributed by atoms with Gasteiger partial charge in [0.1, 0.15) is 10.8 Å². The third-order valence-electron chi connectivity index (χ3n) is 6.56. The molecular weight excluding hydrogens is 608 g/mol. The lowest BCUT2D eigenvalue weighted by atomic mass is 10.1. The Labute approximate surface area is 260 Å². The number of hydrogen-bond donors (Lipinski definition) is 2. The van der Waals surface area contributed by atoms with Crippen molar-refractivity contribution in [2.24, 2.45) is 0 Å². The van der Waals surface area contributed by atoms with Gasteiger partial charge in [0.2, 0.25) is 5.91 Å². The Kier molecular flexibility index (Phi) is 9.86. The Balaban J connectivity index is 1.29. The molecule has 0 unspecified atom stereocenters. The number of ether oxygens (including phenoxy) is 2. The van der Waals surface area contributed by atoms with Crippen LogP contribution in [-0.4, -0.2) is 56.4 Å². The van der Waals surface area contributed by atoms with Crippen LogP contribution in [0, 0.1) is 10.1 Å².